The molecule has 4 N–H and O–H groups in total. The molecule has 0 unspecified atom stereocenters. The average molecular weight is 147 g/mol. The van der Waals surface area contributed by atoms with Gasteiger partial charge in [-0.2, -0.15) is 0 Å². The Bertz CT molecular complexity index is 109. The van der Waals surface area contributed by atoms with Gasteiger partial charge in [-0.15, -0.1) is 0 Å². The van der Waals surface area contributed by atoms with Gasteiger partial charge in [-0.1, -0.05) is 0 Å². The number of hydrogen-bond acceptors (Lipinski definition) is 4. The third-order valence-corrected chi connectivity index (χ3v) is 1.68. The molecule has 1 aliphatic heterocycles. The monoisotopic (exact) mass is 147 g/mol. The molecular formula is C6H13NO3. The molecule has 1 aliphatic rings. The predicted molar refractivity (Wildman–Crippen MR) is 35.4 cm³/mol. The molecule has 0 aromatic rings. The van der Waals surface area contributed by atoms with E-state index in [1.54, 1.807) is 0 Å². The molecule has 1 heterocycles. The van der Waals surface area contributed by atoms with E-state index in [-0.39, 0.29) is 12.6 Å². The summed E-state index contributed by atoms with van der Waals surface area (Å²) >= 11 is 0. The van der Waals surface area contributed by atoms with Crippen LogP contribution in [0.2, 0.25) is 0 Å². The molecule has 0 aromatic heterocycles. The Hall–Kier alpha value is -0.160. The van der Waals surface area contributed by atoms with Crippen LogP contribution < -0.4 is 5.73 Å². The molecule has 0 aromatic carbocycles. The van der Waals surface area contributed by atoms with Crippen LogP contribution in [0.4, 0.5) is 0 Å². The van der Waals surface area contributed by atoms with Crippen LogP contribution in [-0.4, -0.2) is 41.7 Å². The second-order valence-corrected chi connectivity index (χ2v) is 2.62. The fraction of sp³-hybridized carbons (Fsp3) is 1.00. The lowest BCUT2D eigenvalue weighted by Gasteiger charge is -2.30. The van der Waals surface area contributed by atoms with Crippen molar-refractivity contribution in [1.82, 2.24) is 0 Å². The quantitative estimate of drug-likeness (QED) is 0.420. The van der Waals surface area contributed by atoms with E-state index in [9.17, 15) is 5.11 Å². The summed E-state index contributed by atoms with van der Waals surface area (Å²) in [7, 11) is 0. The molecule has 3 atom stereocenters. The molecule has 0 bridgehead atoms. The zero-order valence-corrected chi connectivity index (χ0v) is 5.73. The second-order valence-electron chi connectivity index (χ2n) is 2.62. The molecule has 0 saturated carbocycles. The van der Waals surface area contributed by atoms with E-state index in [0.29, 0.717) is 13.0 Å². The van der Waals surface area contributed by atoms with Gasteiger partial charge < -0.3 is 20.7 Å². The van der Waals surface area contributed by atoms with Crippen LogP contribution in [-0.2, 0) is 4.74 Å². The van der Waals surface area contributed by atoms with Gasteiger partial charge in [0.25, 0.3) is 0 Å². The summed E-state index contributed by atoms with van der Waals surface area (Å²) in [5.74, 6) is 0. The van der Waals surface area contributed by atoms with E-state index in [4.69, 9.17) is 15.6 Å². The first-order valence-corrected chi connectivity index (χ1v) is 3.40. The molecule has 1 saturated heterocycles. The Kier molecular flexibility index (Phi) is 2.62. The molecule has 0 aliphatic carbocycles. The van der Waals surface area contributed by atoms with Gasteiger partial charge in [0.1, 0.15) is 6.10 Å². The van der Waals surface area contributed by atoms with Crippen molar-refractivity contribution in [2.45, 2.75) is 24.7 Å². The van der Waals surface area contributed by atoms with Gasteiger partial charge in [0.05, 0.1) is 19.3 Å². The van der Waals surface area contributed by atoms with Crippen LogP contribution >= 0.6 is 0 Å². The summed E-state index contributed by atoms with van der Waals surface area (Å²) < 4.78 is 5.03. The number of nitrogens with two attached hydrogens (primary N) is 1. The number of rotatable bonds is 1. The average Bonchev–Trinajstić information content (AvgIpc) is 1.88. The molecule has 0 spiro atoms. The first-order valence-electron chi connectivity index (χ1n) is 3.40. The summed E-state index contributed by atoms with van der Waals surface area (Å²) in [5, 5.41) is 17.8. The standard InChI is InChI=1S/C6H13NO3/c7-4-1-5(9)6(2-8)10-3-4/h4-6,8-9H,1-3,7H2/t4-,5+,6+/m0/s1. The Morgan fingerprint density at radius 2 is 2.30 bits per heavy atom. The van der Waals surface area contributed by atoms with Crippen molar-refractivity contribution in [2.75, 3.05) is 13.2 Å². The molecule has 0 amide bonds. The molecular weight excluding hydrogens is 134 g/mol. The van der Waals surface area contributed by atoms with E-state index in [1.165, 1.54) is 0 Å². The lowest BCUT2D eigenvalue weighted by molar-refractivity contribution is -0.101. The molecule has 0 radical (unpaired) electrons. The highest BCUT2D eigenvalue weighted by molar-refractivity contribution is 4.79. The zero-order chi connectivity index (χ0) is 7.56. The highest BCUT2D eigenvalue weighted by Gasteiger charge is 2.26. The van der Waals surface area contributed by atoms with Crippen LogP contribution in [0.3, 0.4) is 0 Å². The zero-order valence-electron chi connectivity index (χ0n) is 5.73. The summed E-state index contributed by atoms with van der Waals surface area (Å²) in [6, 6.07) is -0.0854. The molecule has 10 heavy (non-hydrogen) atoms. The van der Waals surface area contributed by atoms with Crippen LogP contribution in [0.15, 0.2) is 0 Å². The van der Waals surface area contributed by atoms with Crippen molar-refractivity contribution in [1.29, 1.82) is 0 Å². The third-order valence-electron chi connectivity index (χ3n) is 1.68. The van der Waals surface area contributed by atoms with Gasteiger partial charge >= 0.3 is 0 Å². The van der Waals surface area contributed by atoms with Crippen LogP contribution in [0.25, 0.3) is 0 Å². The SMILES string of the molecule is N[C@@H]1CO[C@H](CO)[C@H](O)C1. The van der Waals surface area contributed by atoms with E-state index in [2.05, 4.69) is 0 Å². The van der Waals surface area contributed by atoms with Gasteiger partial charge in [-0.25, -0.2) is 0 Å². The number of hydrogen-bond donors (Lipinski definition) is 3. The molecule has 1 fully saturated rings. The van der Waals surface area contributed by atoms with Gasteiger partial charge in [-0.3, -0.25) is 0 Å². The van der Waals surface area contributed by atoms with Gasteiger partial charge in [-0.05, 0) is 6.42 Å². The number of aliphatic hydroxyl groups is 2. The van der Waals surface area contributed by atoms with Gasteiger partial charge in [0, 0.05) is 6.04 Å². The molecule has 4 nitrogen and oxygen atoms in total. The number of aliphatic hydroxyl groups excluding tert-OH is 2. The first kappa shape index (κ1) is 7.94. The topological polar surface area (TPSA) is 75.7 Å². The Morgan fingerprint density at radius 1 is 1.60 bits per heavy atom. The minimum atomic E-state index is -0.603. The third kappa shape index (κ3) is 1.67. The smallest absolute Gasteiger partial charge is 0.106 e. The first-order chi connectivity index (χ1) is 4.74. The van der Waals surface area contributed by atoms with Crippen molar-refractivity contribution in [2.24, 2.45) is 5.73 Å². The molecule has 1 rings (SSSR count). The highest BCUT2D eigenvalue weighted by Crippen LogP contribution is 2.12. The second kappa shape index (κ2) is 3.30. The maximum Gasteiger partial charge on any atom is 0.106 e. The van der Waals surface area contributed by atoms with E-state index in [0.717, 1.165) is 0 Å². The fourth-order valence-electron chi connectivity index (χ4n) is 1.06. The Balaban J connectivity index is 2.36. The van der Waals surface area contributed by atoms with Crippen LogP contribution in [0.5, 0.6) is 0 Å². The molecule has 4 heteroatoms. The summed E-state index contributed by atoms with van der Waals surface area (Å²) in [5.41, 5.74) is 5.48. The maximum absolute atomic E-state index is 9.17. The number of ether oxygens (including phenoxy) is 1. The largest absolute Gasteiger partial charge is 0.394 e. The summed E-state index contributed by atoms with van der Waals surface area (Å²) in [4.78, 5) is 0. The van der Waals surface area contributed by atoms with Crippen molar-refractivity contribution in [3.63, 3.8) is 0 Å². The van der Waals surface area contributed by atoms with Crippen molar-refractivity contribution in [3.8, 4) is 0 Å². The minimum absolute atomic E-state index is 0.0854. The van der Waals surface area contributed by atoms with E-state index >= 15 is 0 Å². The van der Waals surface area contributed by atoms with Gasteiger partial charge in [0.2, 0.25) is 0 Å². The van der Waals surface area contributed by atoms with Gasteiger partial charge in [0.15, 0.2) is 0 Å². The Labute approximate surface area is 59.6 Å². The van der Waals surface area contributed by atoms with Crippen LogP contribution in [0, 0.1) is 0 Å². The van der Waals surface area contributed by atoms with E-state index in [1.807, 2.05) is 0 Å². The highest BCUT2D eigenvalue weighted by atomic mass is 16.5. The fourth-order valence-corrected chi connectivity index (χ4v) is 1.06. The summed E-state index contributed by atoms with van der Waals surface area (Å²) in [6.45, 7) is 0.302. The lowest BCUT2D eigenvalue weighted by Crippen LogP contribution is -2.46. The minimum Gasteiger partial charge on any atom is -0.394 e. The van der Waals surface area contributed by atoms with Crippen molar-refractivity contribution >= 4 is 0 Å². The lowest BCUT2D eigenvalue weighted by atomic mass is 10.0. The Morgan fingerprint density at radius 3 is 2.80 bits per heavy atom. The maximum atomic E-state index is 9.17. The van der Waals surface area contributed by atoms with E-state index < -0.39 is 12.2 Å². The van der Waals surface area contributed by atoms with Crippen molar-refractivity contribution < 1.29 is 14.9 Å². The molecule has 60 valence electrons. The summed E-state index contributed by atoms with van der Waals surface area (Å²) in [6.07, 6.45) is -0.515. The predicted octanol–water partition coefficient (Wildman–Crippen LogP) is -1.54. The van der Waals surface area contributed by atoms with Crippen LogP contribution in [0.1, 0.15) is 6.42 Å². The van der Waals surface area contributed by atoms with Crippen molar-refractivity contribution in [3.05, 3.63) is 0 Å². The normalized spacial score (nSPS) is 41.7.